The molecule has 1 aliphatic carbocycles. The van der Waals surface area contributed by atoms with Crippen molar-refractivity contribution < 1.29 is 14.7 Å². The Morgan fingerprint density at radius 1 is 1.25 bits per heavy atom. The summed E-state index contributed by atoms with van der Waals surface area (Å²) in [6, 6.07) is 9.55. The lowest BCUT2D eigenvalue weighted by Crippen LogP contribution is -2.40. The van der Waals surface area contributed by atoms with Gasteiger partial charge in [-0.05, 0) is 37.0 Å². The van der Waals surface area contributed by atoms with Crippen LogP contribution < -0.4 is 5.32 Å². The molecule has 6 heteroatoms. The molecule has 126 valence electrons. The summed E-state index contributed by atoms with van der Waals surface area (Å²) in [5.41, 5.74) is 1.96. The van der Waals surface area contributed by atoms with Crippen molar-refractivity contribution in [3.63, 3.8) is 0 Å². The van der Waals surface area contributed by atoms with Gasteiger partial charge in [0.05, 0.1) is 17.8 Å². The van der Waals surface area contributed by atoms with Gasteiger partial charge in [-0.2, -0.15) is 5.10 Å². The fourth-order valence-electron chi connectivity index (χ4n) is 3.18. The monoisotopic (exact) mass is 327 g/mol. The summed E-state index contributed by atoms with van der Waals surface area (Å²) in [5, 5.41) is 16.3. The van der Waals surface area contributed by atoms with Gasteiger partial charge in [-0.25, -0.2) is 4.68 Å². The maximum absolute atomic E-state index is 12.1. The van der Waals surface area contributed by atoms with Crippen molar-refractivity contribution in [2.75, 3.05) is 0 Å². The predicted octanol–water partition coefficient (Wildman–Crippen LogP) is 2.17. The lowest BCUT2D eigenvalue weighted by atomic mass is 10.0. The number of carboxylic acid groups (broad SMARTS) is 1. The molecule has 0 bridgehead atoms. The Morgan fingerprint density at radius 3 is 2.79 bits per heavy atom. The van der Waals surface area contributed by atoms with Crippen molar-refractivity contribution in [1.29, 1.82) is 0 Å². The number of nitrogens with zero attached hydrogens (tertiary/aromatic N) is 2. The average molecular weight is 327 g/mol. The van der Waals surface area contributed by atoms with E-state index >= 15 is 0 Å². The van der Waals surface area contributed by atoms with Crippen LogP contribution in [0.1, 0.15) is 31.2 Å². The highest BCUT2D eigenvalue weighted by Gasteiger charge is 2.33. The molecule has 0 spiro atoms. The molecule has 1 aliphatic rings. The largest absolute Gasteiger partial charge is 0.481 e. The topological polar surface area (TPSA) is 84.2 Å². The van der Waals surface area contributed by atoms with Crippen molar-refractivity contribution in [1.82, 2.24) is 15.1 Å². The Balaban J connectivity index is 1.52. The van der Waals surface area contributed by atoms with Crippen LogP contribution in [0.3, 0.4) is 0 Å². The van der Waals surface area contributed by atoms with Crippen molar-refractivity contribution in [2.45, 2.75) is 38.1 Å². The smallest absolute Gasteiger partial charge is 0.308 e. The summed E-state index contributed by atoms with van der Waals surface area (Å²) in [5.74, 6) is -1.36. The number of carbonyl (C=O) groups is 2. The number of aromatic nitrogens is 2. The predicted molar refractivity (Wildman–Crippen MR) is 88.8 cm³/mol. The molecule has 24 heavy (non-hydrogen) atoms. The second-order valence-corrected chi connectivity index (χ2v) is 6.18. The number of hydrogen-bond acceptors (Lipinski definition) is 3. The van der Waals surface area contributed by atoms with Crippen molar-refractivity contribution in [3.8, 4) is 5.69 Å². The second kappa shape index (κ2) is 7.29. The summed E-state index contributed by atoms with van der Waals surface area (Å²) in [6.07, 6.45) is 6.84. The van der Waals surface area contributed by atoms with Gasteiger partial charge in [0.2, 0.25) is 5.91 Å². The number of aryl methyl sites for hydroxylation is 1. The molecule has 1 aromatic carbocycles. The molecule has 1 amide bonds. The van der Waals surface area contributed by atoms with Crippen LogP contribution in [0.5, 0.6) is 0 Å². The second-order valence-electron chi connectivity index (χ2n) is 6.18. The van der Waals surface area contributed by atoms with E-state index in [-0.39, 0.29) is 11.9 Å². The van der Waals surface area contributed by atoms with E-state index in [2.05, 4.69) is 10.4 Å². The Labute approximate surface area is 140 Å². The molecule has 6 nitrogen and oxygen atoms in total. The molecule has 1 heterocycles. The molecule has 3 rings (SSSR count). The minimum absolute atomic E-state index is 0.0967. The molecule has 2 atom stereocenters. The van der Waals surface area contributed by atoms with Crippen LogP contribution >= 0.6 is 0 Å². The number of amides is 1. The van der Waals surface area contributed by atoms with Crippen LogP contribution in [0.4, 0.5) is 0 Å². The summed E-state index contributed by atoms with van der Waals surface area (Å²) < 4.78 is 1.78. The zero-order valence-corrected chi connectivity index (χ0v) is 13.4. The van der Waals surface area contributed by atoms with Crippen LogP contribution in [0.2, 0.25) is 0 Å². The molecule has 0 unspecified atom stereocenters. The summed E-state index contributed by atoms with van der Waals surface area (Å²) >= 11 is 0. The quantitative estimate of drug-likeness (QED) is 0.851. The SMILES string of the molecule is O=C(CCc1cnn(-c2ccccc2)c1)N[C@H]1CCC[C@H]1C(=O)O. The van der Waals surface area contributed by atoms with Crippen LogP contribution in [0.15, 0.2) is 42.7 Å². The number of aliphatic carboxylic acids is 1. The molecule has 0 saturated heterocycles. The molecule has 1 saturated carbocycles. The lowest BCUT2D eigenvalue weighted by Gasteiger charge is -2.17. The van der Waals surface area contributed by atoms with Crippen LogP contribution in [-0.2, 0) is 16.0 Å². The normalized spacial score (nSPS) is 20.0. The van der Waals surface area contributed by atoms with E-state index in [9.17, 15) is 9.59 Å². The van der Waals surface area contributed by atoms with Gasteiger partial charge >= 0.3 is 5.97 Å². The third kappa shape index (κ3) is 3.82. The first-order chi connectivity index (χ1) is 11.6. The van der Waals surface area contributed by atoms with Gasteiger partial charge in [-0.1, -0.05) is 24.6 Å². The molecule has 0 radical (unpaired) electrons. The Bertz CT molecular complexity index is 711. The first-order valence-electron chi connectivity index (χ1n) is 8.24. The number of hydrogen-bond donors (Lipinski definition) is 2. The third-order valence-corrected chi connectivity index (χ3v) is 4.48. The van der Waals surface area contributed by atoms with Gasteiger partial charge in [0.1, 0.15) is 0 Å². The van der Waals surface area contributed by atoms with E-state index < -0.39 is 11.9 Å². The molecule has 2 N–H and O–H groups in total. The van der Waals surface area contributed by atoms with Crippen molar-refractivity contribution in [2.24, 2.45) is 5.92 Å². The maximum Gasteiger partial charge on any atom is 0.308 e. The lowest BCUT2D eigenvalue weighted by molar-refractivity contribution is -0.142. The Kier molecular flexibility index (Phi) is 4.93. The number of carboxylic acids is 1. The summed E-state index contributed by atoms with van der Waals surface area (Å²) in [6.45, 7) is 0. The van der Waals surface area contributed by atoms with Crippen molar-refractivity contribution in [3.05, 3.63) is 48.3 Å². The van der Waals surface area contributed by atoms with Gasteiger partial charge in [0, 0.05) is 18.7 Å². The number of carbonyl (C=O) groups excluding carboxylic acids is 1. The summed E-state index contributed by atoms with van der Waals surface area (Å²) in [4.78, 5) is 23.2. The highest BCUT2D eigenvalue weighted by molar-refractivity contribution is 5.78. The van der Waals surface area contributed by atoms with Gasteiger partial charge < -0.3 is 10.4 Å². The van der Waals surface area contributed by atoms with Gasteiger partial charge in [-0.15, -0.1) is 0 Å². The fraction of sp³-hybridized carbons (Fsp3) is 0.389. The standard InChI is InChI=1S/C18H21N3O3/c22-17(20-16-8-4-7-15(16)18(23)24)10-9-13-11-19-21(12-13)14-5-2-1-3-6-14/h1-3,5-6,11-12,15-16H,4,7-10H2,(H,20,22)(H,23,24)/t15-,16+/m1/s1. The number of para-hydroxylation sites is 1. The first-order valence-corrected chi connectivity index (χ1v) is 8.24. The molecule has 1 fully saturated rings. The van der Waals surface area contributed by atoms with E-state index in [1.54, 1.807) is 10.9 Å². The Hall–Kier alpha value is -2.63. The minimum atomic E-state index is -0.818. The van der Waals surface area contributed by atoms with Crippen LogP contribution in [0, 0.1) is 5.92 Å². The summed E-state index contributed by atoms with van der Waals surface area (Å²) in [7, 11) is 0. The van der Waals surface area contributed by atoms with Crippen LogP contribution in [-0.4, -0.2) is 32.8 Å². The van der Waals surface area contributed by atoms with E-state index in [0.29, 0.717) is 19.3 Å². The molecule has 0 aliphatic heterocycles. The highest BCUT2D eigenvalue weighted by atomic mass is 16.4. The van der Waals surface area contributed by atoms with Gasteiger partial charge in [0.25, 0.3) is 0 Å². The van der Waals surface area contributed by atoms with E-state index in [1.165, 1.54) is 0 Å². The third-order valence-electron chi connectivity index (χ3n) is 4.48. The highest BCUT2D eigenvalue weighted by Crippen LogP contribution is 2.25. The van der Waals surface area contributed by atoms with Crippen molar-refractivity contribution >= 4 is 11.9 Å². The fourth-order valence-corrected chi connectivity index (χ4v) is 3.18. The van der Waals surface area contributed by atoms with E-state index in [4.69, 9.17) is 5.11 Å². The minimum Gasteiger partial charge on any atom is -0.481 e. The van der Waals surface area contributed by atoms with Gasteiger partial charge in [-0.3, -0.25) is 9.59 Å². The molecular weight excluding hydrogens is 306 g/mol. The number of nitrogens with one attached hydrogen (secondary N) is 1. The molecule has 1 aromatic heterocycles. The van der Waals surface area contributed by atoms with Crippen LogP contribution in [0.25, 0.3) is 5.69 Å². The average Bonchev–Trinajstić information content (AvgIpc) is 3.23. The van der Waals surface area contributed by atoms with E-state index in [0.717, 1.165) is 24.1 Å². The molecule has 2 aromatic rings. The number of rotatable bonds is 6. The molecular formula is C18H21N3O3. The van der Waals surface area contributed by atoms with E-state index in [1.807, 2.05) is 36.5 Å². The Morgan fingerprint density at radius 2 is 2.04 bits per heavy atom. The first kappa shape index (κ1) is 16.2. The zero-order chi connectivity index (χ0) is 16.9. The number of benzene rings is 1. The van der Waals surface area contributed by atoms with Gasteiger partial charge in [0.15, 0.2) is 0 Å². The zero-order valence-electron chi connectivity index (χ0n) is 13.4. The maximum atomic E-state index is 12.1.